The van der Waals surface area contributed by atoms with Crippen LogP contribution in [0.1, 0.15) is 54.6 Å². The summed E-state index contributed by atoms with van der Waals surface area (Å²) in [4.78, 5) is 32.5. The van der Waals surface area contributed by atoms with Crippen LogP contribution in [0.25, 0.3) is 22.2 Å². The summed E-state index contributed by atoms with van der Waals surface area (Å²) in [6.45, 7) is 1.92. The number of aliphatic hydroxyl groups excluding tert-OH is 1. The smallest absolute Gasteiger partial charge is 0.255 e. The Hall–Kier alpha value is -3.46. The summed E-state index contributed by atoms with van der Waals surface area (Å²) >= 11 is 0. The number of nitrogens with zero attached hydrogens (tertiary/aromatic N) is 1. The number of aromatic nitrogens is 2. The summed E-state index contributed by atoms with van der Waals surface area (Å²) in [7, 11) is 0. The first-order valence-electron chi connectivity index (χ1n) is 12.5. The average molecular weight is 495 g/mol. The van der Waals surface area contributed by atoms with Gasteiger partial charge in [0.2, 0.25) is 5.91 Å². The van der Waals surface area contributed by atoms with Gasteiger partial charge in [-0.1, -0.05) is 0 Å². The zero-order chi connectivity index (χ0) is 25.2. The van der Waals surface area contributed by atoms with E-state index in [9.17, 15) is 14.0 Å². The number of carbonyl (C=O) groups is 2. The number of fused-ring (bicyclic) bond motifs is 1. The van der Waals surface area contributed by atoms with Crippen LogP contribution in [0.3, 0.4) is 0 Å². The molecule has 36 heavy (non-hydrogen) atoms. The maximum Gasteiger partial charge on any atom is 0.255 e. The largest absolute Gasteiger partial charge is 0.493 e. The minimum Gasteiger partial charge on any atom is -0.493 e. The van der Waals surface area contributed by atoms with Crippen molar-refractivity contribution in [2.75, 3.05) is 13.2 Å². The summed E-state index contributed by atoms with van der Waals surface area (Å²) in [5.41, 5.74) is 3.70. The third-order valence-electron chi connectivity index (χ3n) is 7.08. The normalized spacial score (nSPS) is 19.8. The van der Waals surface area contributed by atoms with E-state index in [1.54, 1.807) is 18.3 Å². The van der Waals surface area contributed by atoms with Gasteiger partial charge in [-0.3, -0.25) is 14.6 Å². The molecule has 2 amide bonds. The van der Waals surface area contributed by atoms with Gasteiger partial charge in [-0.2, -0.15) is 0 Å². The number of aliphatic hydroxyl groups is 1. The zero-order valence-electron chi connectivity index (χ0n) is 20.3. The van der Waals surface area contributed by atoms with Crippen LogP contribution in [-0.4, -0.2) is 52.2 Å². The van der Waals surface area contributed by atoms with Crippen LogP contribution in [0.2, 0.25) is 0 Å². The quantitative estimate of drug-likeness (QED) is 0.382. The van der Waals surface area contributed by atoms with Gasteiger partial charge in [0, 0.05) is 35.1 Å². The fraction of sp³-hybridized carbons (Fsp3) is 0.444. The van der Waals surface area contributed by atoms with Crippen LogP contribution < -0.4 is 15.4 Å². The number of nitrogens with one attached hydrogen (secondary N) is 3. The molecule has 8 nitrogen and oxygen atoms in total. The van der Waals surface area contributed by atoms with Crippen LogP contribution in [0, 0.1) is 18.7 Å². The lowest BCUT2D eigenvalue weighted by Crippen LogP contribution is -2.44. The summed E-state index contributed by atoms with van der Waals surface area (Å²) in [5.74, 6) is 0.220. The van der Waals surface area contributed by atoms with Crippen LogP contribution in [0.4, 0.5) is 4.39 Å². The van der Waals surface area contributed by atoms with E-state index in [0.29, 0.717) is 46.1 Å². The van der Waals surface area contributed by atoms with Crippen molar-refractivity contribution in [3.05, 3.63) is 47.5 Å². The average Bonchev–Trinajstić information content (AvgIpc) is 3.63. The molecule has 2 aromatic heterocycles. The molecule has 2 saturated carbocycles. The molecule has 0 saturated heterocycles. The van der Waals surface area contributed by atoms with Gasteiger partial charge in [0.1, 0.15) is 23.7 Å². The number of hydrogen-bond acceptors (Lipinski definition) is 5. The molecule has 2 aliphatic rings. The van der Waals surface area contributed by atoms with Crippen LogP contribution >= 0.6 is 0 Å². The molecule has 0 aliphatic heterocycles. The van der Waals surface area contributed by atoms with Crippen molar-refractivity contribution in [3.8, 4) is 16.9 Å². The van der Waals surface area contributed by atoms with E-state index in [2.05, 4.69) is 20.6 Å². The lowest BCUT2D eigenvalue weighted by Gasteiger charge is -2.29. The van der Waals surface area contributed by atoms with Crippen molar-refractivity contribution in [2.24, 2.45) is 5.92 Å². The molecule has 9 heteroatoms. The Morgan fingerprint density at radius 2 is 1.81 bits per heavy atom. The first-order chi connectivity index (χ1) is 17.4. The highest BCUT2D eigenvalue weighted by Gasteiger charge is 2.27. The summed E-state index contributed by atoms with van der Waals surface area (Å²) in [6, 6.07) is 6.31. The van der Waals surface area contributed by atoms with Gasteiger partial charge >= 0.3 is 0 Å². The third-order valence-corrected chi connectivity index (χ3v) is 7.08. The molecule has 4 N–H and O–H groups in total. The van der Waals surface area contributed by atoms with Gasteiger partial charge in [-0.05, 0) is 75.6 Å². The number of amides is 2. The molecule has 0 unspecified atom stereocenters. The molecule has 5 rings (SSSR count). The summed E-state index contributed by atoms with van der Waals surface area (Å²) in [5, 5.41) is 14.8. The zero-order valence-corrected chi connectivity index (χ0v) is 20.3. The molecule has 3 aromatic rings. The van der Waals surface area contributed by atoms with E-state index < -0.39 is 6.61 Å². The number of halogens is 1. The fourth-order valence-electron chi connectivity index (χ4n) is 4.95. The van der Waals surface area contributed by atoms with Crippen molar-refractivity contribution in [1.82, 2.24) is 20.6 Å². The van der Waals surface area contributed by atoms with Gasteiger partial charge in [-0.25, -0.2) is 4.39 Å². The fourth-order valence-corrected chi connectivity index (χ4v) is 4.95. The standard InChI is InChI=1S/C27H31FN4O4/c1-15-24(27(35)32-19-7-5-18(6-8-19)31-23(34)13-33)26-25(30-15)20(10-11-29-26)21-12-17(28)4-9-22(21)36-14-16-2-3-16/h4,9-12,16,18-19,30,33H,2-3,5-8,13-14H2,1H3,(H,31,34)(H,32,35)/t18-,19-. The van der Waals surface area contributed by atoms with Gasteiger partial charge in [-0.15, -0.1) is 0 Å². The van der Waals surface area contributed by atoms with Gasteiger partial charge in [0.25, 0.3) is 5.91 Å². The number of H-pyrrole nitrogens is 1. The van der Waals surface area contributed by atoms with E-state index in [-0.39, 0.29) is 29.7 Å². The maximum absolute atomic E-state index is 14.3. The van der Waals surface area contributed by atoms with Crippen molar-refractivity contribution in [2.45, 2.75) is 57.5 Å². The predicted octanol–water partition coefficient (Wildman–Crippen LogP) is 3.62. The Kier molecular flexibility index (Phi) is 6.91. The number of benzene rings is 1. The second kappa shape index (κ2) is 10.3. The molecule has 2 aliphatic carbocycles. The molecular weight excluding hydrogens is 463 g/mol. The Morgan fingerprint density at radius 3 is 2.50 bits per heavy atom. The first-order valence-corrected chi connectivity index (χ1v) is 12.5. The van der Waals surface area contributed by atoms with Crippen LogP contribution in [-0.2, 0) is 4.79 Å². The van der Waals surface area contributed by atoms with E-state index in [1.165, 1.54) is 12.1 Å². The Labute approximate surface area is 208 Å². The van der Waals surface area contributed by atoms with Crippen molar-refractivity contribution in [1.29, 1.82) is 0 Å². The number of ether oxygens (including phenoxy) is 1. The minimum atomic E-state index is -0.519. The number of hydrogen-bond donors (Lipinski definition) is 4. The van der Waals surface area contributed by atoms with Crippen molar-refractivity contribution in [3.63, 3.8) is 0 Å². The highest BCUT2D eigenvalue weighted by atomic mass is 19.1. The highest BCUT2D eigenvalue weighted by Crippen LogP contribution is 2.38. The highest BCUT2D eigenvalue weighted by molar-refractivity contribution is 6.09. The number of aromatic amines is 1. The van der Waals surface area contributed by atoms with E-state index in [4.69, 9.17) is 9.84 Å². The monoisotopic (exact) mass is 494 g/mol. The second-order valence-corrected chi connectivity index (χ2v) is 9.85. The molecule has 2 fully saturated rings. The first kappa shape index (κ1) is 24.2. The summed E-state index contributed by atoms with van der Waals surface area (Å²) in [6.07, 6.45) is 6.86. The minimum absolute atomic E-state index is 0.0134. The third kappa shape index (κ3) is 5.21. The maximum atomic E-state index is 14.3. The molecule has 0 spiro atoms. The van der Waals surface area contributed by atoms with Gasteiger partial charge in [0.05, 0.1) is 17.7 Å². The Balaban J connectivity index is 1.37. The number of carbonyl (C=O) groups excluding carboxylic acids is 2. The summed E-state index contributed by atoms with van der Waals surface area (Å²) < 4.78 is 20.3. The number of rotatable bonds is 8. The lowest BCUT2D eigenvalue weighted by molar-refractivity contribution is -0.124. The van der Waals surface area contributed by atoms with E-state index in [1.807, 2.05) is 6.92 Å². The number of pyridine rings is 1. The van der Waals surface area contributed by atoms with E-state index in [0.717, 1.165) is 44.1 Å². The Morgan fingerprint density at radius 1 is 1.08 bits per heavy atom. The molecule has 0 bridgehead atoms. The molecule has 0 radical (unpaired) electrons. The van der Waals surface area contributed by atoms with Crippen molar-refractivity contribution >= 4 is 22.8 Å². The topological polar surface area (TPSA) is 116 Å². The van der Waals surface area contributed by atoms with Crippen LogP contribution in [0.15, 0.2) is 30.5 Å². The molecule has 2 heterocycles. The van der Waals surface area contributed by atoms with Gasteiger partial charge in [0.15, 0.2) is 0 Å². The Bertz CT molecular complexity index is 1280. The van der Waals surface area contributed by atoms with Gasteiger partial charge < -0.3 is 25.5 Å². The molecule has 190 valence electrons. The molecule has 1 aromatic carbocycles. The number of aryl methyl sites for hydroxylation is 1. The van der Waals surface area contributed by atoms with Crippen molar-refractivity contribution < 1.29 is 23.8 Å². The second-order valence-electron chi connectivity index (χ2n) is 9.85. The van der Waals surface area contributed by atoms with Crippen LogP contribution in [0.5, 0.6) is 5.75 Å². The lowest BCUT2D eigenvalue weighted by atomic mass is 9.91. The molecular formula is C27H31FN4O4. The van der Waals surface area contributed by atoms with E-state index >= 15 is 0 Å². The predicted molar refractivity (Wildman–Crippen MR) is 133 cm³/mol. The SMILES string of the molecule is Cc1[nH]c2c(-c3cc(F)ccc3OCC3CC3)ccnc2c1C(=O)N[C@H]1CC[C@H](NC(=O)CO)CC1. The molecule has 0 atom stereocenters.